The second kappa shape index (κ2) is 5.75. The Kier molecular flexibility index (Phi) is 4.62. The summed E-state index contributed by atoms with van der Waals surface area (Å²) in [7, 11) is 0. The zero-order chi connectivity index (χ0) is 21.7. The average Bonchev–Trinajstić information content (AvgIpc) is 2.43. The van der Waals surface area contributed by atoms with Gasteiger partial charge in [-0.3, -0.25) is 0 Å². The highest BCUT2D eigenvalue weighted by Crippen LogP contribution is 2.67. The van der Waals surface area contributed by atoms with E-state index < -0.39 is 11.6 Å². The standard InChI is InChI=1S/C24H44O4/c1-17(2)13-19(5,6)21(9,10)23(15-17)25-27-24(28-26-23)16-18(3,4)14-20(7,8)22(24,11)12/h13-16H2,1-12H3. The van der Waals surface area contributed by atoms with Crippen LogP contribution in [-0.2, 0) is 19.6 Å². The minimum Gasteiger partial charge on any atom is -0.194 e. The Morgan fingerprint density at radius 3 is 0.893 bits per heavy atom. The monoisotopic (exact) mass is 396 g/mol. The molecular weight excluding hydrogens is 352 g/mol. The molecule has 0 N–H and O–H groups in total. The van der Waals surface area contributed by atoms with Crippen LogP contribution >= 0.6 is 0 Å². The van der Waals surface area contributed by atoms with E-state index in [1.165, 1.54) is 0 Å². The summed E-state index contributed by atoms with van der Waals surface area (Å²) in [6.45, 7) is 27.2. The van der Waals surface area contributed by atoms with Crippen molar-refractivity contribution in [2.24, 2.45) is 32.5 Å². The number of hydrogen-bond donors (Lipinski definition) is 0. The molecule has 3 rings (SSSR count). The van der Waals surface area contributed by atoms with Crippen LogP contribution < -0.4 is 0 Å². The van der Waals surface area contributed by atoms with Crippen LogP contribution in [0, 0.1) is 32.5 Å². The molecule has 1 saturated heterocycles. The van der Waals surface area contributed by atoms with Gasteiger partial charge in [-0.05, 0) is 34.5 Å². The van der Waals surface area contributed by atoms with E-state index in [4.69, 9.17) is 19.6 Å². The lowest BCUT2D eigenvalue weighted by Gasteiger charge is -2.66. The minimum absolute atomic E-state index is 0.00655. The van der Waals surface area contributed by atoms with E-state index in [0.29, 0.717) is 0 Å². The maximum Gasteiger partial charge on any atom is 0.240 e. The van der Waals surface area contributed by atoms with Crippen LogP contribution in [0.1, 0.15) is 109 Å². The lowest BCUT2D eigenvalue weighted by molar-refractivity contribution is -0.698. The summed E-state index contributed by atoms with van der Waals surface area (Å²) in [5.74, 6) is -1.85. The third-order valence-electron chi connectivity index (χ3n) is 9.17. The van der Waals surface area contributed by atoms with Gasteiger partial charge >= 0.3 is 0 Å². The van der Waals surface area contributed by atoms with Crippen LogP contribution in [0.5, 0.6) is 0 Å². The van der Waals surface area contributed by atoms with Crippen molar-refractivity contribution in [2.45, 2.75) is 120 Å². The molecule has 1 aliphatic heterocycles. The molecule has 2 spiro atoms. The molecule has 0 aromatic rings. The van der Waals surface area contributed by atoms with Gasteiger partial charge in [-0.2, -0.15) is 19.6 Å². The molecule has 164 valence electrons. The van der Waals surface area contributed by atoms with Gasteiger partial charge in [0.25, 0.3) is 0 Å². The highest BCUT2D eigenvalue weighted by Gasteiger charge is 2.71. The van der Waals surface area contributed by atoms with E-state index in [2.05, 4.69) is 83.1 Å². The fourth-order valence-corrected chi connectivity index (χ4v) is 6.52. The lowest BCUT2D eigenvalue weighted by Crippen LogP contribution is -2.70. The summed E-state index contributed by atoms with van der Waals surface area (Å²) in [6, 6.07) is 0. The van der Waals surface area contributed by atoms with E-state index in [1.807, 2.05) is 0 Å². The first-order chi connectivity index (χ1) is 12.2. The Balaban J connectivity index is 1.98. The molecule has 0 amide bonds. The van der Waals surface area contributed by atoms with Crippen LogP contribution in [-0.4, -0.2) is 11.6 Å². The van der Waals surface area contributed by atoms with E-state index in [9.17, 15) is 0 Å². The Bertz CT molecular complexity index is 575. The molecule has 3 aliphatic rings. The van der Waals surface area contributed by atoms with Gasteiger partial charge in [0.15, 0.2) is 0 Å². The molecule has 4 heteroatoms. The average molecular weight is 397 g/mol. The third-order valence-corrected chi connectivity index (χ3v) is 9.17. The smallest absolute Gasteiger partial charge is 0.194 e. The van der Waals surface area contributed by atoms with Crippen molar-refractivity contribution in [2.75, 3.05) is 0 Å². The van der Waals surface area contributed by atoms with Crippen LogP contribution in [0.3, 0.4) is 0 Å². The van der Waals surface area contributed by atoms with Gasteiger partial charge in [-0.1, -0.05) is 83.1 Å². The molecule has 0 unspecified atom stereocenters. The minimum atomic E-state index is -0.925. The number of rotatable bonds is 0. The van der Waals surface area contributed by atoms with E-state index in [1.54, 1.807) is 0 Å². The zero-order valence-electron chi connectivity index (χ0n) is 20.5. The summed E-state index contributed by atoms with van der Waals surface area (Å²) in [5.41, 5.74) is -0.408. The quantitative estimate of drug-likeness (QED) is 0.412. The second-order valence-corrected chi connectivity index (χ2v) is 13.9. The first kappa shape index (κ1) is 22.5. The van der Waals surface area contributed by atoms with Gasteiger partial charge in [0.2, 0.25) is 11.6 Å². The Labute approximate surface area is 172 Å². The lowest BCUT2D eigenvalue weighted by atomic mass is 9.50. The molecule has 28 heavy (non-hydrogen) atoms. The van der Waals surface area contributed by atoms with Crippen LogP contribution in [0.25, 0.3) is 0 Å². The van der Waals surface area contributed by atoms with Crippen LogP contribution in [0.4, 0.5) is 0 Å². The third kappa shape index (κ3) is 2.92. The molecule has 1 heterocycles. The number of hydrogen-bond acceptors (Lipinski definition) is 4. The van der Waals surface area contributed by atoms with E-state index in [-0.39, 0.29) is 32.5 Å². The first-order valence-electron chi connectivity index (χ1n) is 11.0. The topological polar surface area (TPSA) is 36.9 Å². The molecular formula is C24H44O4. The molecule has 3 fully saturated rings. The SMILES string of the molecule is CC1(C)CC(C)(C)C(C)(C)C2(C1)OOC1(CC(C)(C)CC(C)(C)C1(C)C)OO2. The fourth-order valence-electron chi connectivity index (χ4n) is 6.52. The molecule has 4 nitrogen and oxygen atoms in total. The van der Waals surface area contributed by atoms with Gasteiger partial charge in [-0.15, -0.1) is 0 Å². The van der Waals surface area contributed by atoms with Gasteiger partial charge in [0, 0.05) is 23.7 Å². The predicted molar refractivity (Wildman–Crippen MR) is 111 cm³/mol. The molecule has 2 aliphatic carbocycles. The Morgan fingerprint density at radius 2 is 0.643 bits per heavy atom. The summed E-state index contributed by atoms with van der Waals surface area (Å²) in [5, 5.41) is 0. The predicted octanol–water partition coefficient (Wildman–Crippen LogP) is 7.03. The zero-order valence-corrected chi connectivity index (χ0v) is 20.5. The maximum absolute atomic E-state index is 6.36. The first-order valence-corrected chi connectivity index (χ1v) is 11.0. The van der Waals surface area contributed by atoms with Crippen LogP contribution in [0.2, 0.25) is 0 Å². The van der Waals surface area contributed by atoms with Gasteiger partial charge < -0.3 is 0 Å². The van der Waals surface area contributed by atoms with Gasteiger partial charge in [0.1, 0.15) is 0 Å². The van der Waals surface area contributed by atoms with Crippen molar-refractivity contribution in [3.63, 3.8) is 0 Å². The maximum atomic E-state index is 6.36. The van der Waals surface area contributed by atoms with E-state index in [0.717, 1.165) is 25.7 Å². The van der Waals surface area contributed by atoms with Gasteiger partial charge in [0.05, 0.1) is 0 Å². The summed E-state index contributed by atoms with van der Waals surface area (Å²) < 4.78 is 0. The summed E-state index contributed by atoms with van der Waals surface area (Å²) >= 11 is 0. The van der Waals surface area contributed by atoms with Crippen molar-refractivity contribution in [1.82, 2.24) is 0 Å². The largest absolute Gasteiger partial charge is 0.240 e. The summed E-state index contributed by atoms with van der Waals surface area (Å²) in [6.07, 6.45) is 3.66. The fraction of sp³-hybridized carbons (Fsp3) is 1.00. The Hall–Kier alpha value is -0.160. The summed E-state index contributed by atoms with van der Waals surface area (Å²) in [4.78, 5) is 25.4. The Morgan fingerprint density at radius 1 is 0.393 bits per heavy atom. The molecule has 0 aromatic carbocycles. The molecule has 0 atom stereocenters. The molecule has 2 saturated carbocycles. The van der Waals surface area contributed by atoms with Crippen LogP contribution in [0.15, 0.2) is 0 Å². The second-order valence-electron chi connectivity index (χ2n) is 13.9. The normalized spacial score (nSPS) is 35.6. The highest BCUT2D eigenvalue weighted by molar-refractivity contribution is 5.09. The molecule has 0 bridgehead atoms. The highest BCUT2D eigenvalue weighted by atomic mass is 17.4. The van der Waals surface area contributed by atoms with Gasteiger partial charge in [-0.25, -0.2) is 0 Å². The molecule has 0 aromatic heterocycles. The molecule has 0 radical (unpaired) electrons. The van der Waals surface area contributed by atoms with Crippen molar-refractivity contribution in [1.29, 1.82) is 0 Å². The van der Waals surface area contributed by atoms with E-state index >= 15 is 0 Å². The van der Waals surface area contributed by atoms with Crippen molar-refractivity contribution in [3.05, 3.63) is 0 Å². The van der Waals surface area contributed by atoms with Crippen molar-refractivity contribution >= 4 is 0 Å². The van der Waals surface area contributed by atoms with Crippen molar-refractivity contribution in [3.8, 4) is 0 Å². The van der Waals surface area contributed by atoms with Crippen molar-refractivity contribution < 1.29 is 19.6 Å².